The summed E-state index contributed by atoms with van der Waals surface area (Å²) < 4.78 is 13.7. The quantitative estimate of drug-likeness (QED) is 0.887. The van der Waals surface area contributed by atoms with E-state index in [0.29, 0.717) is 23.0 Å². The number of nitrogens with one attached hydrogen (secondary N) is 1. The molecule has 0 atom stereocenters. The second-order valence-corrected chi connectivity index (χ2v) is 6.15. The average Bonchev–Trinajstić information content (AvgIpc) is 2.42. The Morgan fingerprint density at radius 2 is 2.11 bits per heavy atom. The van der Waals surface area contributed by atoms with E-state index in [0.717, 1.165) is 25.7 Å². The zero-order chi connectivity index (χ0) is 13.9. The second-order valence-electron chi connectivity index (χ2n) is 5.71. The molecule has 0 spiro atoms. The molecule has 0 aliphatic heterocycles. The molecule has 0 unspecified atom stereocenters. The minimum absolute atomic E-state index is 0.0991. The Morgan fingerprint density at radius 1 is 1.42 bits per heavy atom. The number of hydrogen-bond acceptors (Lipinski definition) is 2. The van der Waals surface area contributed by atoms with Crippen LogP contribution in [-0.2, 0) is 6.54 Å². The van der Waals surface area contributed by atoms with Gasteiger partial charge in [0.15, 0.2) is 0 Å². The Labute approximate surface area is 119 Å². The van der Waals surface area contributed by atoms with E-state index < -0.39 is 0 Å². The van der Waals surface area contributed by atoms with Crippen LogP contribution < -0.4 is 5.32 Å². The van der Waals surface area contributed by atoms with Crippen molar-refractivity contribution >= 4 is 11.6 Å². The fourth-order valence-electron chi connectivity index (χ4n) is 2.67. The molecule has 0 heterocycles. The first-order chi connectivity index (χ1) is 9.04. The highest BCUT2D eigenvalue weighted by Gasteiger charge is 2.33. The Kier molecular flexibility index (Phi) is 4.82. The highest BCUT2D eigenvalue weighted by Crippen LogP contribution is 2.32. The van der Waals surface area contributed by atoms with Crippen molar-refractivity contribution in [1.82, 2.24) is 5.32 Å². The number of hydrogen-bond donors (Lipinski definition) is 2. The first-order valence-corrected chi connectivity index (χ1v) is 7.22. The lowest BCUT2D eigenvalue weighted by Gasteiger charge is -2.39. The van der Waals surface area contributed by atoms with Crippen molar-refractivity contribution in [3.8, 4) is 0 Å². The third kappa shape index (κ3) is 3.68. The maximum atomic E-state index is 13.7. The predicted molar refractivity (Wildman–Crippen MR) is 75.7 cm³/mol. The van der Waals surface area contributed by atoms with Gasteiger partial charge >= 0.3 is 0 Å². The molecule has 1 aromatic rings. The van der Waals surface area contributed by atoms with Crippen LogP contribution in [0.4, 0.5) is 4.39 Å². The molecule has 2 rings (SSSR count). The first-order valence-electron chi connectivity index (χ1n) is 6.84. The molecule has 2 N–H and O–H groups in total. The molecule has 2 nitrogen and oxygen atoms in total. The van der Waals surface area contributed by atoms with Crippen molar-refractivity contribution in [1.29, 1.82) is 0 Å². The van der Waals surface area contributed by atoms with Crippen LogP contribution in [0.5, 0.6) is 0 Å². The molecule has 1 aromatic carbocycles. The summed E-state index contributed by atoms with van der Waals surface area (Å²) in [6, 6.07) is 4.57. The van der Waals surface area contributed by atoms with Crippen molar-refractivity contribution in [3.63, 3.8) is 0 Å². The van der Waals surface area contributed by atoms with Crippen LogP contribution in [-0.4, -0.2) is 17.3 Å². The molecular weight excluding hydrogens is 265 g/mol. The minimum atomic E-state index is -0.263. The van der Waals surface area contributed by atoms with Gasteiger partial charge in [-0.15, -0.1) is 0 Å². The number of aliphatic hydroxyl groups excluding tert-OH is 1. The Hall–Kier alpha value is -0.640. The third-order valence-electron chi connectivity index (χ3n) is 4.20. The number of benzene rings is 1. The van der Waals surface area contributed by atoms with Gasteiger partial charge in [-0.2, -0.15) is 0 Å². The van der Waals surface area contributed by atoms with Gasteiger partial charge in [-0.3, -0.25) is 0 Å². The summed E-state index contributed by atoms with van der Waals surface area (Å²) >= 11 is 5.88. The topological polar surface area (TPSA) is 32.3 Å². The Balaban J connectivity index is 2.01. The van der Waals surface area contributed by atoms with Gasteiger partial charge in [-0.1, -0.05) is 18.5 Å². The van der Waals surface area contributed by atoms with Crippen molar-refractivity contribution in [3.05, 3.63) is 34.6 Å². The van der Waals surface area contributed by atoms with Gasteiger partial charge in [0, 0.05) is 22.7 Å². The lowest BCUT2D eigenvalue weighted by molar-refractivity contribution is 0.104. The molecule has 4 heteroatoms. The van der Waals surface area contributed by atoms with E-state index in [-0.39, 0.29) is 18.0 Å². The smallest absolute Gasteiger partial charge is 0.127 e. The summed E-state index contributed by atoms with van der Waals surface area (Å²) in [6.45, 7) is 2.74. The molecule has 1 saturated carbocycles. The molecule has 1 aliphatic rings. The summed E-state index contributed by atoms with van der Waals surface area (Å²) in [7, 11) is 0. The van der Waals surface area contributed by atoms with Crippen LogP contribution in [0.3, 0.4) is 0 Å². The summed E-state index contributed by atoms with van der Waals surface area (Å²) in [5, 5.41) is 13.5. The van der Waals surface area contributed by atoms with Gasteiger partial charge in [-0.25, -0.2) is 4.39 Å². The summed E-state index contributed by atoms with van der Waals surface area (Å²) in [5.74, 6) is 0.457. The Morgan fingerprint density at radius 3 is 2.74 bits per heavy atom. The van der Waals surface area contributed by atoms with E-state index in [2.05, 4.69) is 12.2 Å². The van der Waals surface area contributed by atoms with Crippen molar-refractivity contribution in [2.45, 2.75) is 44.7 Å². The zero-order valence-electron chi connectivity index (χ0n) is 11.3. The molecule has 0 radical (unpaired) electrons. The van der Waals surface area contributed by atoms with Gasteiger partial charge in [0.05, 0.1) is 6.61 Å². The third-order valence-corrected chi connectivity index (χ3v) is 4.43. The summed E-state index contributed by atoms with van der Waals surface area (Å²) in [5.41, 5.74) is 0.292. The van der Waals surface area contributed by atoms with E-state index in [9.17, 15) is 9.50 Å². The van der Waals surface area contributed by atoms with Crippen LogP contribution in [0.25, 0.3) is 0 Å². The average molecular weight is 286 g/mol. The molecule has 0 amide bonds. The fraction of sp³-hybridized carbons (Fsp3) is 0.600. The monoisotopic (exact) mass is 285 g/mol. The lowest BCUT2D eigenvalue weighted by atomic mass is 9.77. The molecular formula is C15H21ClFNO. The first kappa shape index (κ1) is 14.8. The molecule has 0 aromatic heterocycles. The molecule has 0 saturated heterocycles. The lowest BCUT2D eigenvalue weighted by Crippen LogP contribution is -2.50. The highest BCUT2D eigenvalue weighted by molar-refractivity contribution is 6.30. The van der Waals surface area contributed by atoms with Crippen LogP contribution in [0.15, 0.2) is 18.2 Å². The van der Waals surface area contributed by atoms with Gasteiger partial charge in [0.25, 0.3) is 0 Å². The van der Waals surface area contributed by atoms with E-state index in [1.807, 2.05) is 0 Å². The SMILES string of the molecule is CC1CCC(CO)(NCc2cc(Cl)ccc2F)CC1. The van der Waals surface area contributed by atoms with Crippen molar-refractivity contribution < 1.29 is 9.50 Å². The van der Waals surface area contributed by atoms with Crippen molar-refractivity contribution in [2.75, 3.05) is 6.61 Å². The van der Waals surface area contributed by atoms with Crippen molar-refractivity contribution in [2.24, 2.45) is 5.92 Å². The fourth-order valence-corrected chi connectivity index (χ4v) is 2.86. The van der Waals surface area contributed by atoms with Crippen LogP contribution in [0.2, 0.25) is 5.02 Å². The standard InChI is InChI=1S/C15H21ClFNO/c1-11-4-6-15(10-19,7-5-11)18-9-12-8-13(16)2-3-14(12)17/h2-3,8,11,18-19H,4-7,9-10H2,1H3. The maximum absolute atomic E-state index is 13.7. The van der Waals surface area contributed by atoms with Crippen LogP contribution in [0.1, 0.15) is 38.2 Å². The van der Waals surface area contributed by atoms with Gasteiger partial charge in [-0.05, 0) is 49.8 Å². The summed E-state index contributed by atoms with van der Waals surface area (Å²) in [4.78, 5) is 0. The Bertz CT molecular complexity index is 430. The van der Waals surface area contributed by atoms with Gasteiger partial charge in [0.2, 0.25) is 0 Å². The minimum Gasteiger partial charge on any atom is -0.394 e. The van der Waals surface area contributed by atoms with E-state index >= 15 is 0 Å². The van der Waals surface area contributed by atoms with Gasteiger partial charge in [0.1, 0.15) is 5.82 Å². The van der Waals surface area contributed by atoms with E-state index in [4.69, 9.17) is 11.6 Å². The highest BCUT2D eigenvalue weighted by atomic mass is 35.5. The maximum Gasteiger partial charge on any atom is 0.127 e. The summed E-state index contributed by atoms with van der Waals surface area (Å²) in [6.07, 6.45) is 4.08. The number of rotatable bonds is 4. The predicted octanol–water partition coefficient (Wildman–Crippen LogP) is 3.51. The molecule has 0 bridgehead atoms. The van der Waals surface area contributed by atoms with E-state index in [1.54, 1.807) is 12.1 Å². The normalized spacial score (nSPS) is 27.5. The second kappa shape index (κ2) is 6.21. The zero-order valence-corrected chi connectivity index (χ0v) is 12.0. The van der Waals surface area contributed by atoms with Crippen LogP contribution >= 0.6 is 11.6 Å². The van der Waals surface area contributed by atoms with Crippen LogP contribution in [0, 0.1) is 11.7 Å². The number of halogens is 2. The number of aliphatic hydroxyl groups is 1. The molecule has 19 heavy (non-hydrogen) atoms. The largest absolute Gasteiger partial charge is 0.394 e. The molecule has 1 fully saturated rings. The van der Waals surface area contributed by atoms with E-state index in [1.165, 1.54) is 6.07 Å². The van der Waals surface area contributed by atoms with Gasteiger partial charge < -0.3 is 10.4 Å². The molecule has 1 aliphatic carbocycles. The molecule has 106 valence electrons.